The molecule has 0 radical (unpaired) electrons. The maximum Gasteiger partial charge on any atom is 0.241 e. The molecule has 2 aromatic carbocycles. The van der Waals surface area contributed by atoms with E-state index in [2.05, 4.69) is 17.3 Å². The number of unbranched alkanes of at least 4 members (excludes halogenated alkanes) is 1. The number of hydrogen-bond acceptors (Lipinski definition) is 2. The van der Waals surface area contributed by atoms with Gasteiger partial charge in [0.05, 0.1) is 5.52 Å². The molecule has 0 aliphatic carbocycles. The van der Waals surface area contributed by atoms with Crippen molar-refractivity contribution in [2.45, 2.75) is 26.3 Å². The van der Waals surface area contributed by atoms with E-state index in [0.717, 1.165) is 35.0 Å². The van der Waals surface area contributed by atoms with Crippen molar-refractivity contribution in [2.24, 2.45) is 0 Å². The highest BCUT2D eigenvalue weighted by molar-refractivity contribution is 6.31. The fraction of sp³-hybridized carbons (Fsp3) is 0.263. The zero-order valence-corrected chi connectivity index (χ0v) is 14.4. The third-order valence-corrected chi connectivity index (χ3v) is 4.14. The van der Waals surface area contributed by atoms with Gasteiger partial charge in [-0.15, -0.1) is 0 Å². The van der Waals surface area contributed by atoms with Gasteiger partial charge < -0.3 is 5.32 Å². The maximum absolute atomic E-state index is 12.1. The second-order valence-electron chi connectivity index (χ2n) is 5.74. The van der Waals surface area contributed by atoms with Crippen LogP contribution >= 0.6 is 11.6 Å². The number of nitrogens with one attached hydrogen (secondary N) is 1. The van der Waals surface area contributed by atoms with E-state index in [1.165, 1.54) is 0 Å². The molecule has 0 unspecified atom stereocenters. The topological polar surface area (TPSA) is 46.9 Å². The first-order chi connectivity index (χ1) is 11.7. The lowest BCUT2D eigenvalue weighted by atomic mass is 10.1. The lowest BCUT2D eigenvalue weighted by molar-refractivity contribution is -0.121. The molecule has 0 spiro atoms. The van der Waals surface area contributed by atoms with Gasteiger partial charge in [0, 0.05) is 22.5 Å². The smallest absolute Gasteiger partial charge is 0.241 e. The molecule has 0 aliphatic heterocycles. The molecule has 4 nitrogen and oxygen atoms in total. The first-order valence-electron chi connectivity index (χ1n) is 8.17. The summed E-state index contributed by atoms with van der Waals surface area (Å²) in [6.07, 6.45) is 2.04. The highest BCUT2D eigenvalue weighted by Crippen LogP contribution is 2.29. The van der Waals surface area contributed by atoms with E-state index in [9.17, 15) is 4.79 Å². The SMILES string of the molecule is CCCCNC(=O)Cn1nc(-c2ccccc2)c2cc(Cl)ccc21. The van der Waals surface area contributed by atoms with Gasteiger partial charge in [-0.05, 0) is 24.6 Å². The number of carbonyl (C=O) groups is 1. The van der Waals surface area contributed by atoms with Gasteiger partial charge in [-0.25, -0.2) is 0 Å². The minimum Gasteiger partial charge on any atom is -0.354 e. The summed E-state index contributed by atoms with van der Waals surface area (Å²) in [5.41, 5.74) is 2.76. The van der Waals surface area contributed by atoms with Gasteiger partial charge in [0.25, 0.3) is 0 Å². The molecule has 1 heterocycles. The number of fused-ring (bicyclic) bond motifs is 1. The van der Waals surface area contributed by atoms with E-state index in [4.69, 9.17) is 11.6 Å². The number of benzene rings is 2. The van der Waals surface area contributed by atoms with Crippen LogP contribution in [0.25, 0.3) is 22.2 Å². The highest BCUT2D eigenvalue weighted by atomic mass is 35.5. The second kappa shape index (κ2) is 7.49. The number of amides is 1. The fourth-order valence-electron chi connectivity index (χ4n) is 2.68. The van der Waals surface area contributed by atoms with Crippen LogP contribution < -0.4 is 5.32 Å². The zero-order valence-electron chi connectivity index (χ0n) is 13.6. The second-order valence-corrected chi connectivity index (χ2v) is 6.17. The molecular formula is C19H20ClN3O. The van der Waals surface area contributed by atoms with Crippen LogP contribution in [-0.2, 0) is 11.3 Å². The number of aromatic nitrogens is 2. The fourth-order valence-corrected chi connectivity index (χ4v) is 2.85. The van der Waals surface area contributed by atoms with Crippen molar-refractivity contribution in [1.29, 1.82) is 0 Å². The average Bonchev–Trinajstić information content (AvgIpc) is 2.93. The summed E-state index contributed by atoms with van der Waals surface area (Å²) in [6, 6.07) is 15.6. The van der Waals surface area contributed by atoms with Crippen molar-refractivity contribution < 1.29 is 4.79 Å². The Morgan fingerprint density at radius 3 is 2.75 bits per heavy atom. The monoisotopic (exact) mass is 341 g/mol. The highest BCUT2D eigenvalue weighted by Gasteiger charge is 2.14. The van der Waals surface area contributed by atoms with E-state index in [-0.39, 0.29) is 12.5 Å². The lowest BCUT2D eigenvalue weighted by Crippen LogP contribution is -2.28. The first-order valence-corrected chi connectivity index (χ1v) is 8.55. The van der Waals surface area contributed by atoms with E-state index < -0.39 is 0 Å². The Bertz CT molecular complexity index is 842. The molecule has 5 heteroatoms. The normalized spacial score (nSPS) is 10.9. The zero-order chi connectivity index (χ0) is 16.9. The van der Waals surface area contributed by atoms with Crippen molar-refractivity contribution in [3.8, 4) is 11.3 Å². The van der Waals surface area contributed by atoms with Crippen LogP contribution in [0.5, 0.6) is 0 Å². The summed E-state index contributed by atoms with van der Waals surface area (Å²) >= 11 is 6.16. The van der Waals surface area contributed by atoms with Gasteiger partial charge in [-0.3, -0.25) is 9.48 Å². The van der Waals surface area contributed by atoms with Crippen LogP contribution in [0, 0.1) is 0 Å². The summed E-state index contributed by atoms with van der Waals surface area (Å²) in [5.74, 6) is -0.0255. The number of rotatable bonds is 6. The molecular weight excluding hydrogens is 322 g/mol. The van der Waals surface area contributed by atoms with Crippen molar-refractivity contribution >= 4 is 28.4 Å². The standard InChI is InChI=1S/C19H20ClN3O/c1-2-3-11-21-18(24)13-23-17-10-9-15(20)12-16(17)19(22-23)14-7-5-4-6-8-14/h4-10,12H,2-3,11,13H2,1H3,(H,21,24). The van der Waals surface area contributed by atoms with Gasteiger partial charge >= 0.3 is 0 Å². The van der Waals surface area contributed by atoms with E-state index in [1.54, 1.807) is 4.68 Å². The molecule has 0 saturated heterocycles. The van der Waals surface area contributed by atoms with Crippen molar-refractivity contribution in [3.63, 3.8) is 0 Å². The average molecular weight is 342 g/mol. The van der Waals surface area contributed by atoms with Crippen LogP contribution in [0.3, 0.4) is 0 Å². The Kier molecular flexibility index (Phi) is 5.16. The molecule has 0 fully saturated rings. The van der Waals surface area contributed by atoms with E-state index in [0.29, 0.717) is 11.6 Å². The van der Waals surface area contributed by atoms with Crippen molar-refractivity contribution in [2.75, 3.05) is 6.54 Å². The third-order valence-electron chi connectivity index (χ3n) is 3.91. The van der Waals surface area contributed by atoms with Crippen LogP contribution in [0.2, 0.25) is 5.02 Å². The van der Waals surface area contributed by atoms with Crippen LogP contribution in [0.15, 0.2) is 48.5 Å². The summed E-state index contributed by atoms with van der Waals surface area (Å²) in [4.78, 5) is 12.1. The molecule has 0 saturated carbocycles. The van der Waals surface area contributed by atoms with Gasteiger partial charge in [-0.2, -0.15) is 5.10 Å². The lowest BCUT2D eigenvalue weighted by Gasteiger charge is -2.05. The van der Waals surface area contributed by atoms with Gasteiger partial charge in [0.2, 0.25) is 5.91 Å². The summed E-state index contributed by atoms with van der Waals surface area (Å²) in [6.45, 7) is 3.00. The number of halogens is 1. The number of carbonyl (C=O) groups excluding carboxylic acids is 1. The van der Waals surface area contributed by atoms with Crippen LogP contribution in [0.4, 0.5) is 0 Å². The number of nitrogens with zero attached hydrogens (tertiary/aromatic N) is 2. The van der Waals surface area contributed by atoms with E-state index in [1.807, 2.05) is 48.5 Å². The Hall–Kier alpha value is -2.33. The van der Waals surface area contributed by atoms with Crippen LogP contribution in [-0.4, -0.2) is 22.2 Å². The Balaban J connectivity index is 1.95. The molecule has 0 atom stereocenters. The molecule has 3 rings (SSSR count). The third kappa shape index (κ3) is 3.60. The van der Waals surface area contributed by atoms with Gasteiger partial charge in [0.1, 0.15) is 12.2 Å². The summed E-state index contributed by atoms with van der Waals surface area (Å²) < 4.78 is 1.75. The van der Waals surface area contributed by atoms with Gasteiger partial charge in [-0.1, -0.05) is 55.3 Å². The Morgan fingerprint density at radius 2 is 2.00 bits per heavy atom. The van der Waals surface area contributed by atoms with Gasteiger partial charge in [0.15, 0.2) is 0 Å². The summed E-state index contributed by atoms with van der Waals surface area (Å²) in [5, 5.41) is 9.21. The quantitative estimate of drug-likeness (QED) is 0.680. The molecule has 124 valence electrons. The predicted octanol–water partition coefficient (Wildman–Crippen LogP) is 4.27. The number of hydrogen-bond donors (Lipinski definition) is 1. The Labute approximate surface area is 146 Å². The molecule has 1 aromatic heterocycles. The molecule has 24 heavy (non-hydrogen) atoms. The molecule has 1 N–H and O–H groups in total. The minimum atomic E-state index is -0.0255. The minimum absolute atomic E-state index is 0.0255. The van der Waals surface area contributed by atoms with Crippen molar-refractivity contribution in [3.05, 3.63) is 53.6 Å². The van der Waals surface area contributed by atoms with Crippen LogP contribution in [0.1, 0.15) is 19.8 Å². The van der Waals surface area contributed by atoms with Crippen molar-refractivity contribution in [1.82, 2.24) is 15.1 Å². The molecule has 0 bridgehead atoms. The molecule has 3 aromatic rings. The Morgan fingerprint density at radius 1 is 1.21 bits per heavy atom. The molecule has 0 aliphatic rings. The summed E-state index contributed by atoms with van der Waals surface area (Å²) in [7, 11) is 0. The maximum atomic E-state index is 12.1. The van der Waals surface area contributed by atoms with E-state index >= 15 is 0 Å². The predicted molar refractivity (Wildman–Crippen MR) is 98.1 cm³/mol. The first kappa shape index (κ1) is 16.5. The molecule has 1 amide bonds. The largest absolute Gasteiger partial charge is 0.354 e.